The Morgan fingerprint density at radius 1 is 1.32 bits per heavy atom. The Bertz CT molecular complexity index is 627. The van der Waals surface area contributed by atoms with Gasteiger partial charge in [0, 0.05) is 11.8 Å². The van der Waals surface area contributed by atoms with Gasteiger partial charge < -0.3 is 4.74 Å². The minimum atomic E-state index is 0.0272. The van der Waals surface area contributed by atoms with Gasteiger partial charge in [0.25, 0.3) is 0 Å². The molecule has 0 unspecified atom stereocenters. The standard InChI is InChI=1S/C15H12N2O2/c1-11(18)13-2-4-15(5-3-13)19-10-12-6-7-17-14(8-12)9-16/h2-8H,10H2,1H3. The van der Waals surface area contributed by atoms with Gasteiger partial charge in [-0.1, -0.05) is 0 Å². The van der Waals surface area contributed by atoms with Crippen LogP contribution in [0, 0.1) is 11.3 Å². The largest absolute Gasteiger partial charge is 0.489 e. The van der Waals surface area contributed by atoms with Crippen LogP contribution in [0.4, 0.5) is 0 Å². The second-order valence-electron chi connectivity index (χ2n) is 4.03. The average Bonchev–Trinajstić information content (AvgIpc) is 2.46. The Labute approximate surface area is 111 Å². The molecule has 0 bridgehead atoms. The first-order chi connectivity index (χ1) is 9.19. The third kappa shape index (κ3) is 3.39. The van der Waals surface area contributed by atoms with Crippen molar-refractivity contribution < 1.29 is 9.53 Å². The highest BCUT2D eigenvalue weighted by atomic mass is 16.5. The van der Waals surface area contributed by atoms with E-state index in [1.807, 2.05) is 6.07 Å². The summed E-state index contributed by atoms with van der Waals surface area (Å²) in [5.74, 6) is 0.708. The van der Waals surface area contributed by atoms with Crippen LogP contribution in [0.15, 0.2) is 42.6 Å². The van der Waals surface area contributed by atoms with E-state index < -0.39 is 0 Å². The third-order valence-electron chi connectivity index (χ3n) is 2.61. The predicted octanol–water partition coefficient (Wildman–Crippen LogP) is 2.73. The molecular formula is C15H12N2O2. The summed E-state index contributed by atoms with van der Waals surface area (Å²) in [7, 11) is 0. The normalized spacial score (nSPS) is 9.68. The summed E-state index contributed by atoms with van der Waals surface area (Å²) >= 11 is 0. The molecule has 19 heavy (non-hydrogen) atoms. The zero-order valence-corrected chi connectivity index (χ0v) is 10.5. The van der Waals surface area contributed by atoms with Crippen LogP contribution in [-0.4, -0.2) is 10.8 Å². The second kappa shape index (κ2) is 5.78. The highest BCUT2D eigenvalue weighted by molar-refractivity contribution is 5.94. The molecule has 0 spiro atoms. The number of carbonyl (C=O) groups is 1. The molecule has 0 N–H and O–H groups in total. The van der Waals surface area contributed by atoms with E-state index in [1.165, 1.54) is 6.92 Å². The first-order valence-corrected chi connectivity index (χ1v) is 5.78. The molecule has 0 radical (unpaired) electrons. The van der Waals surface area contributed by atoms with Gasteiger partial charge in [0.2, 0.25) is 0 Å². The van der Waals surface area contributed by atoms with Crippen LogP contribution in [0.1, 0.15) is 28.5 Å². The zero-order chi connectivity index (χ0) is 13.7. The van der Waals surface area contributed by atoms with Crippen molar-refractivity contribution in [2.75, 3.05) is 0 Å². The fourth-order valence-corrected chi connectivity index (χ4v) is 1.58. The molecule has 4 heteroatoms. The number of pyridine rings is 1. The summed E-state index contributed by atoms with van der Waals surface area (Å²) < 4.78 is 5.58. The van der Waals surface area contributed by atoms with Crippen molar-refractivity contribution in [1.82, 2.24) is 4.98 Å². The number of carbonyl (C=O) groups excluding carboxylic acids is 1. The molecule has 0 saturated carbocycles. The summed E-state index contributed by atoms with van der Waals surface area (Å²) in [6, 6.07) is 12.4. The number of aromatic nitrogens is 1. The lowest BCUT2D eigenvalue weighted by atomic mass is 10.1. The monoisotopic (exact) mass is 252 g/mol. The quantitative estimate of drug-likeness (QED) is 0.785. The smallest absolute Gasteiger partial charge is 0.159 e. The molecule has 0 fully saturated rings. The molecule has 4 nitrogen and oxygen atoms in total. The lowest BCUT2D eigenvalue weighted by Gasteiger charge is -2.06. The highest BCUT2D eigenvalue weighted by Crippen LogP contribution is 2.14. The van der Waals surface area contributed by atoms with E-state index in [-0.39, 0.29) is 5.78 Å². The number of rotatable bonds is 4. The molecule has 1 heterocycles. The number of nitriles is 1. The number of benzene rings is 1. The molecule has 0 aliphatic rings. The number of nitrogens with zero attached hydrogens (tertiary/aromatic N) is 2. The number of ketones is 1. The zero-order valence-electron chi connectivity index (χ0n) is 10.5. The minimum Gasteiger partial charge on any atom is -0.489 e. The molecular weight excluding hydrogens is 240 g/mol. The van der Waals surface area contributed by atoms with E-state index >= 15 is 0 Å². The molecule has 0 amide bonds. The van der Waals surface area contributed by atoms with E-state index in [1.54, 1.807) is 42.6 Å². The Hall–Kier alpha value is -2.67. The van der Waals surface area contributed by atoms with E-state index in [0.29, 0.717) is 23.6 Å². The van der Waals surface area contributed by atoms with Gasteiger partial charge in [0.1, 0.15) is 24.1 Å². The first-order valence-electron chi connectivity index (χ1n) is 5.78. The highest BCUT2D eigenvalue weighted by Gasteiger charge is 2.01. The van der Waals surface area contributed by atoms with Crippen molar-refractivity contribution in [3.8, 4) is 11.8 Å². The Balaban J connectivity index is 2.02. The lowest BCUT2D eigenvalue weighted by molar-refractivity contribution is 0.101. The van der Waals surface area contributed by atoms with Gasteiger partial charge in [-0.2, -0.15) is 5.26 Å². The average molecular weight is 252 g/mol. The van der Waals surface area contributed by atoms with Crippen molar-refractivity contribution in [2.24, 2.45) is 0 Å². The molecule has 0 saturated heterocycles. The van der Waals surface area contributed by atoms with Crippen molar-refractivity contribution in [1.29, 1.82) is 5.26 Å². The molecule has 2 aromatic rings. The maximum absolute atomic E-state index is 11.1. The molecule has 0 aliphatic heterocycles. The number of hydrogen-bond acceptors (Lipinski definition) is 4. The SMILES string of the molecule is CC(=O)c1ccc(OCc2ccnc(C#N)c2)cc1. The number of hydrogen-bond donors (Lipinski definition) is 0. The number of ether oxygens (including phenoxy) is 1. The summed E-state index contributed by atoms with van der Waals surface area (Å²) in [6.07, 6.45) is 1.58. The van der Waals surface area contributed by atoms with Crippen molar-refractivity contribution >= 4 is 5.78 Å². The third-order valence-corrected chi connectivity index (χ3v) is 2.61. The Kier molecular flexibility index (Phi) is 3.89. The molecule has 1 aromatic carbocycles. The topological polar surface area (TPSA) is 63.0 Å². The summed E-state index contributed by atoms with van der Waals surface area (Å²) in [5.41, 5.74) is 1.90. The van der Waals surface area contributed by atoms with Gasteiger partial charge in [0.15, 0.2) is 5.78 Å². The lowest BCUT2D eigenvalue weighted by Crippen LogP contribution is -1.97. The molecule has 0 aliphatic carbocycles. The molecule has 94 valence electrons. The minimum absolute atomic E-state index is 0.0272. The maximum atomic E-state index is 11.1. The summed E-state index contributed by atoms with van der Waals surface area (Å²) in [6.45, 7) is 1.88. The van der Waals surface area contributed by atoms with Crippen LogP contribution in [0.25, 0.3) is 0 Å². The summed E-state index contributed by atoms with van der Waals surface area (Å²) in [5, 5.41) is 8.74. The van der Waals surface area contributed by atoms with Crippen LogP contribution in [0.3, 0.4) is 0 Å². The van der Waals surface area contributed by atoms with Crippen molar-refractivity contribution in [3.63, 3.8) is 0 Å². The van der Waals surface area contributed by atoms with E-state index in [9.17, 15) is 4.79 Å². The van der Waals surface area contributed by atoms with Crippen LogP contribution in [0.5, 0.6) is 5.75 Å². The summed E-state index contributed by atoms with van der Waals surface area (Å²) in [4.78, 5) is 15.0. The van der Waals surface area contributed by atoms with Crippen LogP contribution >= 0.6 is 0 Å². The first kappa shape index (κ1) is 12.8. The van der Waals surface area contributed by atoms with E-state index in [0.717, 1.165) is 5.56 Å². The van der Waals surface area contributed by atoms with Crippen LogP contribution in [0.2, 0.25) is 0 Å². The van der Waals surface area contributed by atoms with Gasteiger partial charge in [-0.05, 0) is 48.9 Å². The fourth-order valence-electron chi connectivity index (χ4n) is 1.58. The Morgan fingerprint density at radius 2 is 2.05 bits per heavy atom. The van der Waals surface area contributed by atoms with Gasteiger partial charge in [0.05, 0.1) is 0 Å². The fraction of sp³-hybridized carbons (Fsp3) is 0.133. The van der Waals surface area contributed by atoms with Gasteiger partial charge in [-0.15, -0.1) is 0 Å². The number of Topliss-reactive ketones (excluding diaryl/α,β-unsaturated/α-hetero) is 1. The molecule has 1 aromatic heterocycles. The van der Waals surface area contributed by atoms with Crippen molar-refractivity contribution in [2.45, 2.75) is 13.5 Å². The van der Waals surface area contributed by atoms with Crippen molar-refractivity contribution in [3.05, 3.63) is 59.4 Å². The van der Waals surface area contributed by atoms with Gasteiger partial charge in [-0.3, -0.25) is 4.79 Å². The predicted molar refractivity (Wildman–Crippen MR) is 69.7 cm³/mol. The molecule has 0 atom stereocenters. The second-order valence-corrected chi connectivity index (χ2v) is 4.03. The van der Waals surface area contributed by atoms with Crippen LogP contribution in [-0.2, 0) is 6.61 Å². The van der Waals surface area contributed by atoms with E-state index in [2.05, 4.69) is 4.98 Å². The van der Waals surface area contributed by atoms with Gasteiger partial charge >= 0.3 is 0 Å². The van der Waals surface area contributed by atoms with E-state index in [4.69, 9.17) is 10.00 Å². The Morgan fingerprint density at radius 3 is 2.68 bits per heavy atom. The molecule has 2 rings (SSSR count). The van der Waals surface area contributed by atoms with Gasteiger partial charge in [-0.25, -0.2) is 4.98 Å². The van der Waals surface area contributed by atoms with Crippen LogP contribution < -0.4 is 4.74 Å². The maximum Gasteiger partial charge on any atom is 0.159 e.